The summed E-state index contributed by atoms with van der Waals surface area (Å²) < 4.78 is 6.52. The van der Waals surface area contributed by atoms with Gasteiger partial charge in [0.05, 0.1) is 11.7 Å². The quantitative estimate of drug-likeness (QED) is 0.755. The summed E-state index contributed by atoms with van der Waals surface area (Å²) in [6, 6.07) is 11.5. The minimum atomic E-state index is -0.641. The fraction of sp³-hybridized carbons (Fsp3) is 0.294. The highest BCUT2D eigenvalue weighted by molar-refractivity contribution is 9.10. The summed E-state index contributed by atoms with van der Waals surface area (Å²) in [7, 11) is 0. The second-order valence-electron chi connectivity index (χ2n) is 5.10. The molecule has 0 radical (unpaired) electrons. The summed E-state index contributed by atoms with van der Waals surface area (Å²) in [4.78, 5) is 4.39. The third-order valence-electron chi connectivity index (χ3n) is 3.09. The molecule has 1 atom stereocenters. The first-order valence-electron chi connectivity index (χ1n) is 7.07. The number of aryl methyl sites for hydroxylation is 2. The van der Waals surface area contributed by atoms with Crippen LogP contribution in [0.5, 0.6) is 5.75 Å². The summed E-state index contributed by atoms with van der Waals surface area (Å²) >= 11 is 4.73. The van der Waals surface area contributed by atoms with Gasteiger partial charge in [-0.25, -0.2) is 4.98 Å². The number of hydrogen-bond donors (Lipinski definition) is 1. The van der Waals surface area contributed by atoms with E-state index < -0.39 is 6.10 Å². The first-order valence-corrected chi connectivity index (χ1v) is 8.85. The minimum Gasteiger partial charge on any atom is -0.491 e. The molecule has 0 saturated heterocycles. The highest BCUT2D eigenvalue weighted by Crippen LogP contribution is 2.24. The lowest BCUT2D eigenvalue weighted by molar-refractivity contribution is 0.126. The van der Waals surface area contributed by atoms with E-state index in [1.54, 1.807) is 0 Å². The number of thioether (sulfide) groups is 1. The Balaban J connectivity index is 1.91. The van der Waals surface area contributed by atoms with Gasteiger partial charge in [-0.2, -0.15) is 5.26 Å². The molecule has 0 fully saturated rings. The van der Waals surface area contributed by atoms with Crippen molar-refractivity contribution in [2.45, 2.75) is 25.0 Å². The smallest absolute Gasteiger partial charge is 0.119 e. The van der Waals surface area contributed by atoms with Crippen LogP contribution < -0.4 is 4.74 Å². The van der Waals surface area contributed by atoms with Gasteiger partial charge in [-0.3, -0.25) is 0 Å². The predicted octanol–water partition coefficient (Wildman–Crippen LogP) is 3.86. The fourth-order valence-corrected chi connectivity index (χ4v) is 3.26. The van der Waals surface area contributed by atoms with Gasteiger partial charge in [0.25, 0.3) is 0 Å². The molecule has 0 aliphatic heterocycles. The molecule has 2 rings (SSSR count). The molecule has 1 aromatic heterocycles. The van der Waals surface area contributed by atoms with Crippen LogP contribution in [0.15, 0.2) is 39.8 Å². The predicted molar refractivity (Wildman–Crippen MR) is 94.8 cm³/mol. The molecule has 0 bridgehead atoms. The molecule has 0 aliphatic rings. The van der Waals surface area contributed by atoms with Crippen LogP contribution in [0.1, 0.15) is 16.8 Å². The zero-order valence-electron chi connectivity index (χ0n) is 12.9. The molecular weight excluding hydrogens is 376 g/mol. The van der Waals surface area contributed by atoms with Gasteiger partial charge in [-0.15, -0.1) is 11.8 Å². The summed E-state index contributed by atoms with van der Waals surface area (Å²) in [6.45, 7) is 3.98. The Bertz CT molecular complexity index is 714. The van der Waals surface area contributed by atoms with Gasteiger partial charge in [0.15, 0.2) is 0 Å². The largest absolute Gasteiger partial charge is 0.491 e. The number of halogens is 1. The maximum absolute atomic E-state index is 10.1. The number of aliphatic hydroxyl groups is 1. The van der Waals surface area contributed by atoms with Crippen LogP contribution in [0.25, 0.3) is 0 Å². The Morgan fingerprint density at radius 2 is 2.04 bits per heavy atom. The van der Waals surface area contributed by atoms with Crippen LogP contribution in [0, 0.1) is 25.2 Å². The SMILES string of the molecule is Cc1cc(C)c(C#N)c(SC[C@@H](O)COc2ccc(Br)cc2)n1. The number of nitriles is 1. The molecule has 1 heterocycles. The lowest BCUT2D eigenvalue weighted by Gasteiger charge is -2.13. The van der Waals surface area contributed by atoms with Gasteiger partial charge in [-0.1, -0.05) is 15.9 Å². The number of rotatable bonds is 6. The Labute approximate surface area is 148 Å². The van der Waals surface area contributed by atoms with E-state index in [4.69, 9.17) is 4.74 Å². The molecule has 2 aromatic rings. The number of aliphatic hydroxyl groups excluding tert-OH is 1. The molecule has 0 spiro atoms. The molecule has 1 aromatic carbocycles. The van der Waals surface area contributed by atoms with E-state index in [0.717, 1.165) is 15.7 Å². The van der Waals surface area contributed by atoms with Crippen molar-refractivity contribution >= 4 is 27.7 Å². The van der Waals surface area contributed by atoms with E-state index in [1.807, 2.05) is 44.2 Å². The van der Waals surface area contributed by atoms with E-state index in [-0.39, 0.29) is 6.61 Å². The number of pyridine rings is 1. The average Bonchev–Trinajstić information content (AvgIpc) is 2.52. The van der Waals surface area contributed by atoms with Crippen molar-refractivity contribution in [3.63, 3.8) is 0 Å². The highest BCUT2D eigenvalue weighted by Gasteiger charge is 2.12. The average molecular weight is 393 g/mol. The van der Waals surface area contributed by atoms with Crippen molar-refractivity contribution in [1.29, 1.82) is 5.26 Å². The lowest BCUT2D eigenvalue weighted by atomic mass is 10.1. The molecular formula is C17H17BrN2O2S. The third kappa shape index (κ3) is 5.24. The Hall–Kier alpha value is -1.55. The maximum atomic E-state index is 10.1. The van der Waals surface area contributed by atoms with Crippen LogP contribution in [0.4, 0.5) is 0 Å². The molecule has 0 aliphatic carbocycles. The maximum Gasteiger partial charge on any atom is 0.119 e. The summed E-state index contributed by atoms with van der Waals surface area (Å²) in [5.74, 6) is 1.13. The van der Waals surface area contributed by atoms with E-state index in [1.165, 1.54) is 11.8 Å². The Morgan fingerprint density at radius 1 is 1.35 bits per heavy atom. The number of ether oxygens (including phenoxy) is 1. The second-order valence-corrected chi connectivity index (χ2v) is 7.03. The number of benzene rings is 1. The van der Waals surface area contributed by atoms with Crippen molar-refractivity contribution in [3.05, 3.63) is 51.6 Å². The van der Waals surface area contributed by atoms with Crippen molar-refractivity contribution < 1.29 is 9.84 Å². The molecule has 4 nitrogen and oxygen atoms in total. The Kier molecular flexibility index (Phi) is 6.46. The number of aromatic nitrogens is 1. The number of hydrogen-bond acceptors (Lipinski definition) is 5. The zero-order valence-corrected chi connectivity index (χ0v) is 15.3. The van der Waals surface area contributed by atoms with E-state index in [0.29, 0.717) is 22.1 Å². The molecule has 0 unspecified atom stereocenters. The van der Waals surface area contributed by atoms with Crippen molar-refractivity contribution in [3.8, 4) is 11.8 Å². The van der Waals surface area contributed by atoms with E-state index in [2.05, 4.69) is 27.0 Å². The molecule has 23 heavy (non-hydrogen) atoms. The minimum absolute atomic E-state index is 0.196. The first-order chi connectivity index (χ1) is 11.0. The van der Waals surface area contributed by atoms with Crippen LogP contribution in [-0.4, -0.2) is 28.6 Å². The van der Waals surface area contributed by atoms with Crippen LogP contribution in [0.2, 0.25) is 0 Å². The van der Waals surface area contributed by atoms with Gasteiger partial charge in [0, 0.05) is 15.9 Å². The standard InChI is InChI=1S/C17H17BrN2O2S/c1-11-7-12(2)20-17(16(11)8-19)23-10-14(21)9-22-15-5-3-13(18)4-6-15/h3-7,14,21H,9-10H2,1-2H3/t14-/m0/s1. The molecule has 0 amide bonds. The van der Waals surface area contributed by atoms with Gasteiger partial charge in [0.2, 0.25) is 0 Å². The normalized spacial score (nSPS) is 11.8. The van der Waals surface area contributed by atoms with Crippen LogP contribution >= 0.6 is 27.7 Å². The first kappa shape index (κ1) is 17.8. The van der Waals surface area contributed by atoms with Gasteiger partial charge in [-0.05, 0) is 49.7 Å². The van der Waals surface area contributed by atoms with Crippen LogP contribution in [-0.2, 0) is 0 Å². The Morgan fingerprint density at radius 3 is 2.70 bits per heavy atom. The third-order valence-corrected chi connectivity index (χ3v) is 4.74. The molecule has 1 N–H and O–H groups in total. The molecule has 6 heteroatoms. The topological polar surface area (TPSA) is 66.1 Å². The molecule has 120 valence electrons. The van der Waals surface area contributed by atoms with Crippen molar-refractivity contribution in [2.24, 2.45) is 0 Å². The summed E-state index contributed by atoms with van der Waals surface area (Å²) in [6.07, 6.45) is -0.641. The van der Waals surface area contributed by atoms with Gasteiger partial charge >= 0.3 is 0 Å². The van der Waals surface area contributed by atoms with E-state index >= 15 is 0 Å². The zero-order chi connectivity index (χ0) is 16.8. The summed E-state index contributed by atoms with van der Waals surface area (Å²) in [5, 5.41) is 20.0. The van der Waals surface area contributed by atoms with E-state index in [9.17, 15) is 10.4 Å². The summed E-state index contributed by atoms with van der Waals surface area (Å²) in [5.41, 5.74) is 2.34. The van der Waals surface area contributed by atoms with Crippen molar-refractivity contribution in [2.75, 3.05) is 12.4 Å². The van der Waals surface area contributed by atoms with Crippen molar-refractivity contribution in [1.82, 2.24) is 4.98 Å². The molecule has 0 saturated carbocycles. The fourth-order valence-electron chi connectivity index (χ4n) is 1.99. The van der Waals surface area contributed by atoms with Crippen LogP contribution in [0.3, 0.4) is 0 Å². The highest BCUT2D eigenvalue weighted by atomic mass is 79.9. The van der Waals surface area contributed by atoms with Gasteiger partial charge < -0.3 is 9.84 Å². The van der Waals surface area contributed by atoms with Gasteiger partial charge in [0.1, 0.15) is 23.5 Å². The monoisotopic (exact) mass is 392 g/mol. The lowest BCUT2D eigenvalue weighted by Crippen LogP contribution is -2.20. The second kappa shape index (κ2) is 8.34. The number of nitrogens with zero attached hydrogens (tertiary/aromatic N) is 2.